The molecule has 0 fully saturated rings. The Hall–Kier alpha value is -2.20. The number of halogens is 3. The quantitative estimate of drug-likeness (QED) is 0.483. The van der Waals surface area contributed by atoms with E-state index in [4.69, 9.17) is 39.5 Å². The van der Waals surface area contributed by atoms with Crippen LogP contribution >= 0.6 is 34.8 Å². The summed E-state index contributed by atoms with van der Waals surface area (Å²) >= 11 is 18.5. The Morgan fingerprint density at radius 3 is 2.26 bits per heavy atom. The van der Waals surface area contributed by atoms with Crippen molar-refractivity contribution >= 4 is 62.3 Å². The molecule has 0 aromatic heterocycles. The number of sulfonamides is 1. The number of rotatable bonds is 10. The van der Waals surface area contributed by atoms with Gasteiger partial charge < -0.3 is 15.0 Å². The maximum Gasteiger partial charge on any atom is 0.244 e. The van der Waals surface area contributed by atoms with Crippen LogP contribution in [0.2, 0.25) is 15.1 Å². The van der Waals surface area contributed by atoms with Crippen molar-refractivity contribution in [2.75, 3.05) is 31.3 Å². The summed E-state index contributed by atoms with van der Waals surface area (Å²) in [7, 11) is -0.989. The number of carbonyl (C=O) groups is 2. The average molecular weight is 551 g/mol. The molecule has 2 aromatic rings. The number of ether oxygens (including phenoxy) is 1. The van der Waals surface area contributed by atoms with E-state index in [1.165, 1.54) is 43.3 Å². The topological polar surface area (TPSA) is 96.0 Å². The number of benzene rings is 2. The number of anilines is 1. The molecule has 0 aliphatic heterocycles. The van der Waals surface area contributed by atoms with Crippen LogP contribution in [-0.4, -0.2) is 58.1 Å². The van der Waals surface area contributed by atoms with Crippen molar-refractivity contribution in [3.05, 3.63) is 57.0 Å². The highest BCUT2D eigenvalue weighted by atomic mass is 35.5. The number of hydrogen-bond acceptors (Lipinski definition) is 5. The first kappa shape index (κ1) is 28.0. The summed E-state index contributed by atoms with van der Waals surface area (Å²) < 4.78 is 31.2. The lowest BCUT2D eigenvalue weighted by atomic mass is 10.1. The van der Waals surface area contributed by atoms with Crippen molar-refractivity contribution in [2.45, 2.75) is 25.9 Å². The number of nitrogens with zero attached hydrogens (tertiary/aromatic N) is 2. The highest BCUT2D eigenvalue weighted by Gasteiger charge is 2.31. The Bertz CT molecular complexity index is 1160. The van der Waals surface area contributed by atoms with Crippen molar-refractivity contribution in [2.24, 2.45) is 0 Å². The third-order valence-electron chi connectivity index (χ3n) is 5.09. The van der Waals surface area contributed by atoms with Crippen LogP contribution in [0.4, 0.5) is 5.69 Å². The number of hydrogen-bond donors (Lipinski definition) is 1. The van der Waals surface area contributed by atoms with Crippen molar-refractivity contribution in [1.82, 2.24) is 10.2 Å². The van der Waals surface area contributed by atoms with E-state index in [2.05, 4.69) is 5.32 Å². The molecule has 0 saturated heterocycles. The lowest BCUT2D eigenvalue weighted by molar-refractivity contribution is -0.140. The van der Waals surface area contributed by atoms with Crippen LogP contribution in [0.5, 0.6) is 5.75 Å². The number of nitrogens with one attached hydrogen (secondary N) is 1. The molecule has 0 radical (unpaired) electrons. The smallest absolute Gasteiger partial charge is 0.244 e. The number of likely N-dealkylation sites (N-methyl/N-ethyl adjacent to an activating group) is 1. The van der Waals surface area contributed by atoms with Crippen molar-refractivity contribution in [3.8, 4) is 5.75 Å². The van der Waals surface area contributed by atoms with Crippen molar-refractivity contribution in [3.63, 3.8) is 0 Å². The van der Waals surface area contributed by atoms with Gasteiger partial charge in [0.15, 0.2) is 0 Å². The first-order valence-corrected chi connectivity index (χ1v) is 13.2. The zero-order valence-electron chi connectivity index (χ0n) is 19.1. The normalized spacial score (nSPS) is 12.1. The van der Waals surface area contributed by atoms with Gasteiger partial charge in [-0.05, 0) is 42.3 Å². The summed E-state index contributed by atoms with van der Waals surface area (Å²) in [5, 5.41) is 3.47. The molecular weight excluding hydrogens is 525 g/mol. The van der Waals surface area contributed by atoms with Crippen LogP contribution in [0.1, 0.15) is 18.9 Å². The first-order valence-electron chi connectivity index (χ1n) is 10.2. The molecule has 2 rings (SSSR count). The zero-order chi connectivity index (χ0) is 25.6. The molecule has 2 amide bonds. The maximum absolute atomic E-state index is 13.5. The summed E-state index contributed by atoms with van der Waals surface area (Å²) in [5.74, 6) is -0.631. The van der Waals surface area contributed by atoms with E-state index in [1.807, 2.05) is 0 Å². The summed E-state index contributed by atoms with van der Waals surface area (Å²) in [6.07, 6.45) is 1.28. The Balaban J connectivity index is 2.48. The standard InChI is InChI=1S/C22H26Cl3N3O5S/c1-5-19(22(30)26-2)27(12-14-6-7-15(23)10-17(14)24)21(29)13-28(34(4,31)32)16-8-9-20(33-3)18(25)11-16/h6-11,19H,5,12-13H2,1-4H3,(H,26,30)/t19-/m0/s1. The van der Waals surface area contributed by atoms with Crippen LogP contribution in [-0.2, 0) is 26.2 Å². The Morgan fingerprint density at radius 1 is 1.09 bits per heavy atom. The van der Waals surface area contributed by atoms with Gasteiger partial charge in [-0.3, -0.25) is 13.9 Å². The van der Waals surface area contributed by atoms with Gasteiger partial charge in [-0.2, -0.15) is 0 Å². The second kappa shape index (κ2) is 12.0. The second-order valence-corrected chi connectivity index (χ2v) is 10.5. The van der Waals surface area contributed by atoms with Gasteiger partial charge in [-0.25, -0.2) is 8.42 Å². The van der Waals surface area contributed by atoms with Crippen molar-refractivity contribution < 1.29 is 22.7 Å². The predicted octanol–water partition coefficient (Wildman–Crippen LogP) is 3.97. The molecular formula is C22H26Cl3N3O5S. The van der Waals surface area contributed by atoms with Gasteiger partial charge in [0, 0.05) is 23.6 Å². The SMILES string of the molecule is CC[C@@H](C(=O)NC)N(Cc1ccc(Cl)cc1Cl)C(=O)CN(c1ccc(OC)c(Cl)c1)S(C)(=O)=O. The van der Waals surface area contributed by atoms with Gasteiger partial charge >= 0.3 is 0 Å². The molecule has 1 N–H and O–H groups in total. The maximum atomic E-state index is 13.5. The first-order chi connectivity index (χ1) is 15.9. The summed E-state index contributed by atoms with van der Waals surface area (Å²) in [6.45, 7) is 1.17. The largest absolute Gasteiger partial charge is 0.495 e. The highest BCUT2D eigenvalue weighted by Crippen LogP contribution is 2.30. The molecule has 0 aliphatic rings. The lowest BCUT2D eigenvalue weighted by Crippen LogP contribution is -2.51. The fraction of sp³-hybridized carbons (Fsp3) is 0.364. The van der Waals surface area contributed by atoms with Gasteiger partial charge in [0.05, 0.1) is 24.1 Å². The van der Waals surface area contributed by atoms with E-state index in [0.29, 0.717) is 27.8 Å². The molecule has 34 heavy (non-hydrogen) atoms. The van der Waals surface area contributed by atoms with E-state index < -0.39 is 28.5 Å². The lowest BCUT2D eigenvalue weighted by Gasteiger charge is -2.32. The molecule has 0 unspecified atom stereocenters. The number of methoxy groups -OCH3 is 1. The second-order valence-electron chi connectivity index (χ2n) is 7.38. The molecule has 0 saturated carbocycles. The minimum atomic E-state index is -3.89. The summed E-state index contributed by atoms with van der Waals surface area (Å²) in [6, 6.07) is 8.33. The van der Waals surface area contributed by atoms with E-state index in [0.717, 1.165) is 10.6 Å². The van der Waals surface area contributed by atoms with E-state index in [1.54, 1.807) is 19.1 Å². The summed E-state index contributed by atoms with van der Waals surface area (Å²) in [5.41, 5.74) is 0.735. The predicted molar refractivity (Wildman–Crippen MR) is 135 cm³/mol. The van der Waals surface area contributed by atoms with E-state index >= 15 is 0 Å². The minimum Gasteiger partial charge on any atom is -0.495 e. The molecule has 186 valence electrons. The van der Waals surface area contributed by atoms with E-state index in [-0.39, 0.29) is 23.2 Å². The van der Waals surface area contributed by atoms with Gasteiger partial charge in [0.1, 0.15) is 18.3 Å². The average Bonchev–Trinajstić information content (AvgIpc) is 2.77. The third kappa shape index (κ3) is 6.91. The third-order valence-corrected chi connectivity index (χ3v) is 7.11. The molecule has 1 atom stereocenters. The molecule has 0 bridgehead atoms. The number of amides is 2. The highest BCUT2D eigenvalue weighted by molar-refractivity contribution is 7.92. The molecule has 0 heterocycles. The van der Waals surface area contributed by atoms with Gasteiger partial charge in [-0.1, -0.05) is 47.8 Å². The monoisotopic (exact) mass is 549 g/mol. The molecule has 2 aromatic carbocycles. The van der Waals surface area contributed by atoms with Crippen LogP contribution in [0.25, 0.3) is 0 Å². The molecule has 12 heteroatoms. The fourth-order valence-electron chi connectivity index (χ4n) is 3.34. The molecule has 0 spiro atoms. The van der Waals surface area contributed by atoms with Gasteiger partial charge in [-0.15, -0.1) is 0 Å². The molecule has 8 nitrogen and oxygen atoms in total. The van der Waals surface area contributed by atoms with Crippen LogP contribution in [0.15, 0.2) is 36.4 Å². The summed E-state index contributed by atoms with van der Waals surface area (Å²) in [4.78, 5) is 27.4. The Morgan fingerprint density at radius 2 is 1.76 bits per heavy atom. The van der Waals surface area contributed by atoms with Crippen LogP contribution < -0.4 is 14.4 Å². The van der Waals surface area contributed by atoms with Crippen LogP contribution in [0.3, 0.4) is 0 Å². The Labute approximate surface area is 214 Å². The minimum absolute atomic E-state index is 0.0261. The Kier molecular flexibility index (Phi) is 9.87. The van der Waals surface area contributed by atoms with Gasteiger partial charge in [0.2, 0.25) is 21.8 Å². The van der Waals surface area contributed by atoms with Crippen molar-refractivity contribution in [1.29, 1.82) is 0 Å². The van der Waals surface area contributed by atoms with Crippen LogP contribution in [0, 0.1) is 0 Å². The van der Waals surface area contributed by atoms with E-state index in [9.17, 15) is 18.0 Å². The zero-order valence-corrected chi connectivity index (χ0v) is 22.2. The van der Waals surface area contributed by atoms with Gasteiger partial charge in [0.25, 0.3) is 0 Å². The molecule has 0 aliphatic carbocycles. The fourth-order valence-corrected chi connectivity index (χ4v) is 4.91. The number of carbonyl (C=O) groups excluding carboxylic acids is 2.